The molecule has 0 spiro atoms. The van der Waals surface area contributed by atoms with Crippen LogP contribution in [0.1, 0.15) is 43.1 Å². The van der Waals surface area contributed by atoms with Crippen LogP contribution in [0.5, 0.6) is 0 Å². The number of thioether (sulfide) groups is 1. The van der Waals surface area contributed by atoms with Gasteiger partial charge in [-0.05, 0) is 35.2 Å². The minimum Gasteiger partial charge on any atom is -0.549 e. The standard InChI is InChI=1S/C20H21ClO3S/c1-20(2,3)14-6-4-13(5-7-14)17(22)12-18(19(23)24)25-16-10-8-15(21)9-11-16/h4-11,18H,12H2,1-3H3,(H,23,24)/p-1/t18-/m1/s1. The van der Waals surface area contributed by atoms with E-state index in [1.807, 2.05) is 12.1 Å². The van der Waals surface area contributed by atoms with E-state index in [1.165, 1.54) is 0 Å². The quantitative estimate of drug-likeness (QED) is 0.563. The average Bonchev–Trinajstić information content (AvgIpc) is 2.55. The first kappa shape index (κ1) is 19.5. The third-order valence-electron chi connectivity index (χ3n) is 3.80. The molecule has 2 rings (SSSR count). The maximum absolute atomic E-state index is 12.4. The Balaban J connectivity index is 2.09. The fourth-order valence-electron chi connectivity index (χ4n) is 2.29. The van der Waals surface area contributed by atoms with Crippen molar-refractivity contribution >= 4 is 35.1 Å². The van der Waals surface area contributed by atoms with Crippen LogP contribution in [0.15, 0.2) is 53.4 Å². The van der Waals surface area contributed by atoms with Crippen LogP contribution in [0.25, 0.3) is 0 Å². The third-order valence-corrected chi connectivity index (χ3v) is 5.24. The molecule has 2 aromatic rings. The summed E-state index contributed by atoms with van der Waals surface area (Å²) in [5.41, 5.74) is 1.63. The minimum atomic E-state index is -1.25. The Kier molecular flexibility index (Phi) is 6.31. The molecule has 0 N–H and O–H groups in total. The van der Waals surface area contributed by atoms with Crippen LogP contribution < -0.4 is 5.11 Å². The number of hydrogen-bond donors (Lipinski definition) is 0. The predicted octanol–water partition coefficient (Wildman–Crippen LogP) is 4.12. The van der Waals surface area contributed by atoms with Crippen molar-refractivity contribution in [1.29, 1.82) is 0 Å². The molecule has 0 aliphatic rings. The van der Waals surface area contributed by atoms with Crippen LogP contribution >= 0.6 is 23.4 Å². The highest BCUT2D eigenvalue weighted by molar-refractivity contribution is 8.00. The molecule has 0 fully saturated rings. The molecule has 0 aromatic heterocycles. The summed E-state index contributed by atoms with van der Waals surface area (Å²) < 4.78 is 0. The van der Waals surface area contributed by atoms with E-state index >= 15 is 0 Å². The van der Waals surface area contributed by atoms with Gasteiger partial charge in [0.2, 0.25) is 0 Å². The largest absolute Gasteiger partial charge is 0.549 e. The zero-order valence-electron chi connectivity index (χ0n) is 14.4. The Morgan fingerprint density at radius 1 is 1.04 bits per heavy atom. The lowest BCUT2D eigenvalue weighted by molar-refractivity contribution is -0.304. The van der Waals surface area contributed by atoms with E-state index in [4.69, 9.17) is 11.6 Å². The lowest BCUT2D eigenvalue weighted by Crippen LogP contribution is -2.35. The van der Waals surface area contributed by atoms with Crippen molar-refractivity contribution in [3.8, 4) is 0 Å². The number of halogens is 1. The number of carbonyl (C=O) groups excluding carboxylic acids is 2. The lowest BCUT2D eigenvalue weighted by Gasteiger charge is -2.20. The summed E-state index contributed by atoms with van der Waals surface area (Å²) in [5, 5.41) is 11.0. The van der Waals surface area contributed by atoms with Gasteiger partial charge in [-0.2, -0.15) is 0 Å². The Morgan fingerprint density at radius 2 is 1.60 bits per heavy atom. The molecule has 0 unspecified atom stereocenters. The first-order valence-corrected chi connectivity index (χ1v) is 9.19. The van der Waals surface area contributed by atoms with Crippen molar-refractivity contribution < 1.29 is 14.7 Å². The highest BCUT2D eigenvalue weighted by Crippen LogP contribution is 2.28. The van der Waals surface area contributed by atoms with Crippen molar-refractivity contribution in [2.75, 3.05) is 0 Å². The molecule has 0 heterocycles. The van der Waals surface area contributed by atoms with E-state index in [1.54, 1.807) is 36.4 Å². The van der Waals surface area contributed by atoms with Gasteiger partial charge in [-0.15, -0.1) is 11.8 Å². The van der Waals surface area contributed by atoms with Gasteiger partial charge in [0.1, 0.15) is 0 Å². The number of carboxylic acid groups (broad SMARTS) is 1. The summed E-state index contributed by atoms with van der Waals surface area (Å²) in [6.07, 6.45) is -0.121. The van der Waals surface area contributed by atoms with Gasteiger partial charge in [-0.3, -0.25) is 4.79 Å². The van der Waals surface area contributed by atoms with Crippen molar-refractivity contribution in [3.05, 3.63) is 64.7 Å². The van der Waals surface area contributed by atoms with E-state index < -0.39 is 11.2 Å². The van der Waals surface area contributed by atoms with Crippen molar-refractivity contribution in [2.24, 2.45) is 0 Å². The van der Waals surface area contributed by atoms with Crippen LogP contribution in [0, 0.1) is 0 Å². The number of rotatable bonds is 6. The molecule has 25 heavy (non-hydrogen) atoms. The van der Waals surface area contributed by atoms with E-state index in [2.05, 4.69) is 20.8 Å². The summed E-state index contributed by atoms with van der Waals surface area (Å²) in [7, 11) is 0. The highest BCUT2D eigenvalue weighted by atomic mass is 35.5. The highest BCUT2D eigenvalue weighted by Gasteiger charge is 2.19. The Bertz CT molecular complexity index is 746. The SMILES string of the molecule is CC(C)(C)c1ccc(C(=O)C[C@@H](Sc2ccc(Cl)cc2)C(=O)[O-])cc1. The van der Waals surface area contributed by atoms with Gasteiger partial charge in [0.05, 0.1) is 11.2 Å². The van der Waals surface area contributed by atoms with Crippen molar-refractivity contribution in [3.63, 3.8) is 0 Å². The van der Waals surface area contributed by atoms with Gasteiger partial charge in [0.15, 0.2) is 5.78 Å². The Morgan fingerprint density at radius 3 is 2.08 bits per heavy atom. The molecule has 0 saturated carbocycles. The van der Waals surface area contributed by atoms with E-state index in [0.717, 1.165) is 22.2 Å². The predicted molar refractivity (Wildman–Crippen MR) is 100 cm³/mol. The van der Waals surface area contributed by atoms with Crippen LogP contribution in [0.4, 0.5) is 0 Å². The molecular formula is C20H20ClO3S-. The van der Waals surface area contributed by atoms with E-state index in [-0.39, 0.29) is 17.6 Å². The second-order valence-corrected chi connectivity index (χ2v) is 8.55. The average molecular weight is 376 g/mol. The van der Waals surface area contributed by atoms with Gasteiger partial charge in [0, 0.05) is 21.9 Å². The molecule has 2 aromatic carbocycles. The summed E-state index contributed by atoms with van der Waals surface area (Å²) in [6.45, 7) is 6.29. The minimum absolute atomic E-state index is 0.000464. The smallest absolute Gasteiger partial charge is 0.164 e. The lowest BCUT2D eigenvalue weighted by atomic mass is 9.86. The number of hydrogen-bond acceptors (Lipinski definition) is 4. The van der Waals surface area contributed by atoms with Gasteiger partial charge >= 0.3 is 0 Å². The summed E-state index contributed by atoms with van der Waals surface area (Å²) in [4.78, 5) is 24.6. The molecule has 5 heteroatoms. The molecule has 0 radical (unpaired) electrons. The van der Waals surface area contributed by atoms with Crippen molar-refractivity contribution in [2.45, 2.75) is 42.8 Å². The van der Waals surface area contributed by atoms with Gasteiger partial charge in [0.25, 0.3) is 0 Å². The number of ketones is 1. The fraction of sp³-hybridized carbons (Fsp3) is 0.300. The Hall–Kier alpha value is -1.78. The molecule has 0 aliphatic heterocycles. The van der Waals surface area contributed by atoms with Crippen molar-refractivity contribution in [1.82, 2.24) is 0 Å². The number of carbonyl (C=O) groups is 2. The fourth-order valence-corrected chi connectivity index (χ4v) is 3.37. The number of aliphatic carboxylic acids is 1. The molecule has 1 atom stereocenters. The summed E-state index contributed by atoms with van der Waals surface area (Å²) in [6, 6.07) is 14.1. The molecule has 0 amide bonds. The first-order valence-electron chi connectivity index (χ1n) is 7.93. The van der Waals surface area contributed by atoms with Crippen LogP contribution in [-0.4, -0.2) is 17.0 Å². The topological polar surface area (TPSA) is 57.2 Å². The number of Topliss-reactive ketones (excluding diaryl/α,β-unsaturated/α-hetero) is 1. The molecule has 3 nitrogen and oxygen atoms in total. The molecule has 132 valence electrons. The normalized spacial score (nSPS) is 12.6. The van der Waals surface area contributed by atoms with Crippen LogP contribution in [0.3, 0.4) is 0 Å². The molecular weight excluding hydrogens is 356 g/mol. The summed E-state index contributed by atoms with van der Waals surface area (Å²) in [5.74, 6) is -1.46. The molecule has 0 bridgehead atoms. The number of benzene rings is 2. The first-order chi connectivity index (χ1) is 11.7. The zero-order chi connectivity index (χ0) is 18.6. The van der Waals surface area contributed by atoms with Gasteiger partial charge in [-0.1, -0.05) is 56.6 Å². The molecule has 0 aliphatic carbocycles. The van der Waals surface area contributed by atoms with E-state index in [9.17, 15) is 14.7 Å². The zero-order valence-corrected chi connectivity index (χ0v) is 16.0. The van der Waals surface area contributed by atoms with Crippen LogP contribution in [0.2, 0.25) is 5.02 Å². The third kappa shape index (κ3) is 5.62. The maximum atomic E-state index is 12.4. The summed E-state index contributed by atoms with van der Waals surface area (Å²) >= 11 is 6.92. The van der Waals surface area contributed by atoms with Gasteiger partial charge in [-0.25, -0.2) is 0 Å². The molecule has 0 saturated heterocycles. The second kappa shape index (κ2) is 8.07. The second-order valence-electron chi connectivity index (χ2n) is 6.83. The maximum Gasteiger partial charge on any atom is 0.164 e. The van der Waals surface area contributed by atoms with E-state index in [0.29, 0.717) is 10.6 Å². The monoisotopic (exact) mass is 375 g/mol. The van der Waals surface area contributed by atoms with Crippen LogP contribution in [-0.2, 0) is 10.2 Å². The Labute approximate surface area is 157 Å². The van der Waals surface area contributed by atoms with Gasteiger partial charge < -0.3 is 9.90 Å². The number of carboxylic acids is 1.